The molecule has 0 aliphatic heterocycles. The van der Waals surface area contributed by atoms with Crippen molar-refractivity contribution in [1.82, 2.24) is 5.16 Å². The van der Waals surface area contributed by atoms with Gasteiger partial charge in [0.1, 0.15) is 0 Å². The van der Waals surface area contributed by atoms with Crippen LogP contribution in [0.25, 0.3) is 0 Å². The number of anilines is 1. The van der Waals surface area contributed by atoms with E-state index in [1.165, 1.54) is 18.3 Å². The van der Waals surface area contributed by atoms with E-state index < -0.39 is 11.9 Å². The Balaban J connectivity index is 2.34. The van der Waals surface area contributed by atoms with Gasteiger partial charge in [0.15, 0.2) is 0 Å². The third-order valence-electron chi connectivity index (χ3n) is 2.14. The summed E-state index contributed by atoms with van der Waals surface area (Å²) in [6.45, 7) is 0. The van der Waals surface area contributed by atoms with E-state index in [-0.39, 0.29) is 17.0 Å². The average molecular weight is 311 g/mol. The Labute approximate surface area is 110 Å². The minimum atomic E-state index is -1.14. The van der Waals surface area contributed by atoms with Crippen LogP contribution in [-0.4, -0.2) is 22.1 Å². The van der Waals surface area contributed by atoms with Crippen molar-refractivity contribution >= 4 is 33.5 Å². The average Bonchev–Trinajstić information content (AvgIpc) is 2.85. The third-order valence-corrected chi connectivity index (χ3v) is 2.80. The van der Waals surface area contributed by atoms with Crippen molar-refractivity contribution in [2.24, 2.45) is 0 Å². The molecule has 0 aliphatic carbocycles. The van der Waals surface area contributed by atoms with Gasteiger partial charge in [0, 0.05) is 10.5 Å². The molecule has 2 N–H and O–H groups in total. The van der Waals surface area contributed by atoms with Gasteiger partial charge in [0.2, 0.25) is 5.76 Å². The van der Waals surface area contributed by atoms with Crippen LogP contribution in [0.5, 0.6) is 0 Å². The normalized spacial score (nSPS) is 10.1. The molecule has 92 valence electrons. The van der Waals surface area contributed by atoms with E-state index in [9.17, 15) is 9.59 Å². The number of hydrogen-bond donors (Lipinski definition) is 2. The molecule has 0 aliphatic rings. The molecule has 1 heterocycles. The number of benzene rings is 1. The molecule has 7 heteroatoms. The lowest BCUT2D eigenvalue weighted by Gasteiger charge is -2.08. The number of aromatic nitrogens is 1. The highest BCUT2D eigenvalue weighted by atomic mass is 79.9. The van der Waals surface area contributed by atoms with E-state index in [4.69, 9.17) is 5.11 Å². The van der Waals surface area contributed by atoms with Crippen molar-refractivity contribution in [3.8, 4) is 0 Å². The number of aromatic carboxylic acids is 1. The number of nitrogens with zero attached hydrogens (tertiary/aromatic N) is 1. The van der Waals surface area contributed by atoms with Crippen molar-refractivity contribution in [3.63, 3.8) is 0 Å². The molecule has 18 heavy (non-hydrogen) atoms. The second-order valence-electron chi connectivity index (χ2n) is 3.30. The van der Waals surface area contributed by atoms with Gasteiger partial charge in [0.25, 0.3) is 5.91 Å². The van der Waals surface area contributed by atoms with Gasteiger partial charge in [-0.05, 0) is 28.1 Å². The zero-order chi connectivity index (χ0) is 13.1. The summed E-state index contributed by atoms with van der Waals surface area (Å²) in [7, 11) is 0. The summed E-state index contributed by atoms with van der Waals surface area (Å²) < 4.78 is 5.15. The highest BCUT2D eigenvalue weighted by Crippen LogP contribution is 2.27. The lowest BCUT2D eigenvalue weighted by atomic mass is 10.2. The zero-order valence-electron chi connectivity index (χ0n) is 8.88. The summed E-state index contributed by atoms with van der Waals surface area (Å²) in [5, 5.41) is 14.9. The lowest BCUT2D eigenvalue weighted by molar-refractivity contribution is 0.0698. The van der Waals surface area contributed by atoms with E-state index in [0.717, 1.165) is 0 Å². The van der Waals surface area contributed by atoms with Gasteiger partial charge in [-0.3, -0.25) is 4.79 Å². The molecule has 2 rings (SSSR count). The quantitative estimate of drug-likeness (QED) is 0.908. The number of carboxylic acids is 1. The topological polar surface area (TPSA) is 92.4 Å². The predicted molar refractivity (Wildman–Crippen MR) is 65.6 cm³/mol. The molecule has 6 nitrogen and oxygen atoms in total. The van der Waals surface area contributed by atoms with Gasteiger partial charge in [0.05, 0.1) is 17.4 Å². The summed E-state index contributed by atoms with van der Waals surface area (Å²) in [4.78, 5) is 22.8. The Bertz CT molecular complexity index is 595. The first-order chi connectivity index (χ1) is 8.59. The van der Waals surface area contributed by atoms with Crippen LogP contribution >= 0.6 is 15.9 Å². The van der Waals surface area contributed by atoms with Crippen LogP contribution in [0, 0.1) is 0 Å². The number of para-hydroxylation sites is 1. The maximum absolute atomic E-state index is 11.7. The van der Waals surface area contributed by atoms with Crippen LogP contribution in [-0.2, 0) is 0 Å². The van der Waals surface area contributed by atoms with E-state index >= 15 is 0 Å². The van der Waals surface area contributed by atoms with Crippen molar-refractivity contribution in [2.75, 3.05) is 5.32 Å². The summed E-state index contributed by atoms with van der Waals surface area (Å²) >= 11 is 3.18. The Morgan fingerprint density at radius 2 is 2.11 bits per heavy atom. The molecule has 0 fully saturated rings. The van der Waals surface area contributed by atoms with Crippen molar-refractivity contribution in [3.05, 3.63) is 46.3 Å². The second kappa shape index (κ2) is 5.01. The minimum absolute atomic E-state index is 0.00194. The molecule has 1 amide bonds. The monoisotopic (exact) mass is 310 g/mol. The number of carbonyl (C=O) groups excluding carboxylic acids is 1. The van der Waals surface area contributed by atoms with Gasteiger partial charge in [-0.15, -0.1) is 0 Å². The predicted octanol–water partition coefficient (Wildman–Crippen LogP) is 2.39. The number of carboxylic acid groups (broad SMARTS) is 1. The van der Waals surface area contributed by atoms with E-state index in [0.29, 0.717) is 4.47 Å². The van der Waals surface area contributed by atoms with E-state index in [1.807, 2.05) is 0 Å². The fraction of sp³-hybridized carbons (Fsp3) is 0. The number of halogens is 1. The van der Waals surface area contributed by atoms with Crippen LogP contribution in [0.2, 0.25) is 0 Å². The summed E-state index contributed by atoms with van der Waals surface area (Å²) in [5.74, 6) is -1.70. The Kier molecular flexibility index (Phi) is 3.42. The molecule has 1 aromatic carbocycles. The first-order valence-electron chi connectivity index (χ1n) is 4.83. The maximum Gasteiger partial charge on any atom is 0.337 e. The Morgan fingerprint density at radius 1 is 1.33 bits per heavy atom. The fourth-order valence-electron chi connectivity index (χ4n) is 1.34. The first kappa shape index (κ1) is 12.3. The van der Waals surface area contributed by atoms with Crippen LogP contribution < -0.4 is 5.32 Å². The van der Waals surface area contributed by atoms with Gasteiger partial charge < -0.3 is 14.9 Å². The number of carbonyl (C=O) groups is 2. The van der Waals surface area contributed by atoms with Gasteiger partial charge in [-0.2, -0.15) is 0 Å². The molecular weight excluding hydrogens is 304 g/mol. The smallest absolute Gasteiger partial charge is 0.337 e. The van der Waals surface area contributed by atoms with Crippen LogP contribution in [0.3, 0.4) is 0 Å². The maximum atomic E-state index is 11.7. The SMILES string of the molecule is O=C(Nc1c(Br)cccc1C(=O)O)c1ccno1. The highest BCUT2D eigenvalue weighted by molar-refractivity contribution is 9.10. The third kappa shape index (κ3) is 2.40. The van der Waals surface area contributed by atoms with Gasteiger partial charge >= 0.3 is 5.97 Å². The fourth-order valence-corrected chi connectivity index (χ4v) is 1.80. The molecule has 1 aromatic heterocycles. The van der Waals surface area contributed by atoms with E-state index in [1.54, 1.807) is 12.1 Å². The first-order valence-corrected chi connectivity index (χ1v) is 5.62. The molecule has 0 bridgehead atoms. The number of amides is 1. The van der Waals surface area contributed by atoms with Crippen LogP contribution in [0.4, 0.5) is 5.69 Å². The standard InChI is InChI=1S/C11H7BrN2O4/c12-7-3-1-2-6(11(16)17)9(7)14-10(15)8-4-5-13-18-8/h1-5H,(H,14,15)(H,16,17). The molecule has 2 aromatic rings. The van der Waals surface area contributed by atoms with Crippen molar-refractivity contribution in [1.29, 1.82) is 0 Å². The largest absolute Gasteiger partial charge is 0.478 e. The summed E-state index contributed by atoms with van der Waals surface area (Å²) in [5.41, 5.74) is 0.156. The van der Waals surface area contributed by atoms with Gasteiger partial charge in [-0.25, -0.2) is 4.79 Å². The highest BCUT2D eigenvalue weighted by Gasteiger charge is 2.17. The second-order valence-corrected chi connectivity index (χ2v) is 4.15. The van der Waals surface area contributed by atoms with Gasteiger partial charge in [-0.1, -0.05) is 11.2 Å². The molecule has 0 unspecified atom stereocenters. The summed E-state index contributed by atoms with van der Waals surface area (Å²) in [6.07, 6.45) is 1.33. The zero-order valence-corrected chi connectivity index (χ0v) is 10.5. The molecule has 0 spiro atoms. The van der Waals surface area contributed by atoms with Crippen LogP contribution in [0.15, 0.2) is 39.5 Å². The molecule has 0 saturated heterocycles. The molecule has 0 atom stereocenters. The van der Waals surface area contributed by atoms with E-state index in [2.05, 4.69) is 30.9 Å². The van der Waals surface area contributed by atoms with Crippen LogP contribution in [0.1, 0.15) is 20.9 Å². The Hall–Kier alpha value is -2.15. The van der Waals surface area contributed by atoms with Crippen molar-refractivity contribution in [2.45, 2.75) is 0 Å². The number of nitrogens with one attached hydrogen (secondary N) is 1. The summed E-state index contributed by atoms with van der Waals surface area (Å²) in [6, 6.07) is 5.97. The lowest BCUT2D eigenvalue weighted by Crippen LogP contribution is -2.14. The molecular formula is C11H7BrN2O4. The minimum Gasteiger partial charge on any atom is -0.478 e. The number of hydrogen-bond acceptors (Lipinski definition) is 4. The molecule has 0 radical (unpaired) electrons. The molecule has 0 saturated carbocycles. The number of rotatable bonds is 3. The van der Waals surface area contributed by atoms with Crippen molar-refractivity contribution < 1.29 is 19.2 Å². The Morgan fingerprint density at radius 3 is 2.72 bits per heavy atom.